The van der Waals surface area contributed by atoms with Crippen LogP contribution in [0.25, 0.3) is 0 Å². The number of hydrogen-bond donors (Lipinski definition) is 4. The lowest BCUT2D eigenvalue weighted by molar-refractivity contribution is -0.136. The Balaban J connectivity index is 2.08. The van der Waals surface area contributed by atoms with Crippen molar-refractivity contribution in [2.24, 2.45) is 23.7 Å². The Bertz CT molecular complexity index is 924. The summed E-state index contributed by atoms with van der Waals surface area (Å²) in [6.07, 6.45) is 10.9. The number of amides is 3. The normalized spacial score (nSPS) is 18.3. The van der Waals surface area contributed by atoms with Crippen molar-refractivity contribution in [3.63, 3.8) is 0 Å². The maximum atomic E-state index is 13.4. The van der Waals surface area contributed by atoms with Crippen LogP contribution in [0.4, 0.5) is 4.79 Å². The summed E-state index contributed by atoms with van der Waals surface area (Å²) in [5.74, 6) is -1.07. The van der Waals surface area contributed by atoms with E-state index >= 15 is 0 Å². The summed E-state index contributed by atoms with van der Waals surface area (Å²) in [6, 6.07) is -1.08. The number of aliphatic hydroxyl groups excluding tert-OH is 1. The molecule has 1 aliphatic rings. The molecule has 1 fully saturated rings. The fraction of sp³-hybridized carbons (Fsp3) is 0.806. The van der Waals surface area contributed by atoms with Crippen LogP contribution in [-0.4, -0.2) is 62.9 Å². The number of aliphatic hydroxyl groups is 1. The van der Waals surface area contributed by atoms with Gasteiger partial charge in [-0.2, -0.15) is 0 Å². The molecule has 0 radical (unpaired) electrons. The van der Waals surface area contributed by atoms with Crippen molar-refractivity contribution in [2.45, 2.75) is 130 Å². The quantitative estimate of drug-likeness (QED) is 0.242. The number of carbonyl (C=O) groups excluding carboxylic acids is 3. The summed E-state index contributed by atoms with van der Waals surface area (Å²) in [5, 5.41) is 20.2. The van der Waals surface area contributed by atoms with Crippen molar-refractivity contribution in [2.75, 3.05) is 6.54 Å². The molecule has 1 heterocycles. The van der Waals surface area contributed by atoms with Crippen LogP contribution in [0.15, 0.2) is 18.7 Å². The van der Waals surface area contributed by atoms with Crippen molar-refractivity contribution in [1.29, 1.82) is 0 Å². The lowest BCUT2D eigenvalue weighted by atomic mass is 9.81. The predicted octanol–water partition coefficient (Wildman–Crippen LogP) is 4.42. The fourth-order valence-electron chi connectivity index (χ4n) is 5.51. The predicted molar refractivity (Wildman–Crippen MR) is 160 cm³/mol. The van der Waals surface area contributed by atoms with Gasteiger partial charge < -0.3 is 25.0 Å². The van der Waals surface area contributed by atoms with Gasteiger partial charge >= 0.3 is 6.09 Å². The smallest absolute Gasteiger partial charge is 0.407 e. The molecule has 1 saturated carbocycles. The topological polar surface area (TPSA) is 135 Å². The first-order valence-corrected chi connectivity index (χ1v) is 15.5. The third kappa shape index (κ3) is 12.5. The van der Waals surface area contributed by atoms with Crippen LogP contribution in [0.1, 0.15) is 99.8 Å². The molecule has 2 rings (SSSR count). The Kier molecular flexibility index (Phi) is 14.3. The van der Waals surface area contributed by atoms with Gasteiger partial charge in [0.2, 0.25) is 11.8 Å². The van der Waals surface area contributed by atoms with E-state index in [-0.39, 0.29) is 24.2 Å². The lowest BCUT2D eigenvalue weighted by Gasteiger charge is -2.33. The van der Waals surface area contributed by atoms with Crippen LogP contribution in [-0.2, 0) is 20.9 Å². The number of alkyl carbamates (subject to hydrolysis) is 1. The lowest BCUT2D eigenvalue weighted by Crippen LogP contribution is -2.53. The highest BCUT2D eigenvalue weighted by molar-refractivity contribution is 5.98. The Morgan fingerprint density at radius 2 is 1.78 bits per heavy atom. The van der Waals surface area contributed by atoms with E-state index in [4.69, 9.17) is 4.74 Å². The molecule has 234 valence electrons. The minimum atomic E-state index is -0.962. The van der Waals surface area contributed by atoms with Crippen molar-refractivity contribution < 1.29 is 24.2 Å². The molecule has 1 aliphatic carbocycles. The molecule has 0 bridgehead atoms. The SMILES string of the molecule is CC[C@H](C)[C@H](NCCn1ccnc1)C(=O)NC(=O)[C@@H](C[C@H](O)[C@H](CC1CCCCC1)NC(=O)OC(C)(C)C)C(C)C. The van der Waals surface area contributed by atoms with Crippen molar-refractivity contribution >= 4 is 17.9 Å². The maximum Gasteiger partial charge on any atom is 0.407 e. The number of imidazole rings is 1. The zero-order chi connectivity index (χ0) is 30.6. The average Bonchev–Trinajstić information content (AvgIpc) is 3.41. The fourth-order valence-corrected chi connectivity index (χ4v) is 5.51. The van der Waals surface area contributed by atoms with Crippen LogP contribution in [0, 0.1) is 23.7 Å². The van der Waals surface area contributed by atoms with E-state index in [9.17, 15) is 19.5 Å². The van der Waals surface area contributed by atoms with Gasteiger partial charge in [-0.3, -0.25) is 14.9 Å². The van der Waals surface area contributed by atoms with Gasteiger partial charge in [0.15, 0.2) is 0 Å². The molecule has 0 aliphatic heterocycles. The third-order valence-corrected chi connectivity index (χ3v) is 8.15. The summed E-state index contributed by atoms with van der Waals surface area (Å²) < 4.78 is 7.40. The Morgan fingerprint density at radius 3 is 2.34 bits per heavy atom. The van der Waals surface area contributed by atoms with E-state index in [2.05, 4.69) is 20.9 Å². The number of hydrogen-bond acceptors (Lipinski definition) is 7. The van der Waals surface area contributed by atoms with Gasteiger partial charge in [-0.05, 0) is 51.4 Å². The summed E-state index contributed by atoms with van der Waals surface area (Å²) in [6.45, 7) is 14.4. The van der Waals surface area contributed by atoms with Crippen LogP contribution in [0.5, 0.6) is 0 Å². The standard InChI is InChI=1S/C31H55N5O5/c1-8-22(4)27(33-15-17-36-16-14-32-20-36)29(39)35-28(38)24(21(2)3)19-26(37)25(18-23-12-10-9-11-13-23)34-30(40)41-31(5,6)7/h14,16,20-27,33,37H,8-13,15,17-19H2,1-7H3,(H,34,40)(H,35,38,39)/t22-,24-,25-,26-,27-/m0/s1. The zero-order valence-corrected chi connectivity index (χ0v) is 26.3. The van der Waals surface area contributed by atoms with Crippen molar-refractivity contribution in [3.05, 3.63) is 18.7 Å². The van der Waals surface area contributed by atoms with Gasteiger partial charge in [-0.1, -0.05) is 66.2 Å². The number of rotatable bonds is 15. The second kappa shape index (κ2) is 16.9. The summed E-state index contributed by atoms with van der Waals surface area (Å²) in [7, 11) is 0. The highest BCUT2D eigenvalue weighted by Crippen LogP contribution is 2.30. The number of nitrogens with one attached hydrogen (secondary N) is 3. The molecule has 1 aromatic heterocycles. The molecular weight excluding hydrogens is 522 g/mol. The Morgan fingerprint density at radius 1 is 1.10 bits per heavy atom. The van der Waals surface area contributed by atoms with Gasteiger partial charge in [0.1, 0.15) is 5.60 Å². The van der Waals surface area contributed by atoms with E-state index in [1.165, 1.54) is 6.42 Å². The first-order valence-electron chi connectivity index (χ1n) is 15.5. The summed E-state index contributed by atoms with van der Waals surface area (Å²) >= 11 is 0. The molecule has 4 N–H and O–H groups in total. The van der Waals surface area contributed by atoms with Gasteiger partial charge in [-0.25, -0.2) is 9.78 Å². The molecular formula is C31H55N5O5. The van der Waals surface area contributed by atoms with Crippen molar-refractivity contribution in [1.82, 2.24) is 25.5 Å². The number of aromatic nitrogens is 2. The summed E-state index contributed by atoms with van der Waals surface area (Å²) in [5.41, 5.74) is -0.663. The van der Waals surface area contributed by atoms with E-state index in [0.717, 1.165) is 32.1 Å². The molecule has 41 heavy (non-hydrogen) atoms. The summed E-state index contributed by atoms with van der Waals surface area (Å²) in [4.78, 5) is 43.4. The van der Waals surface area contributed by atoms with E-state index < -0.39 is 41.7 Å². The van der Waals surface area contributed by atoms with Crippen LogP contribution in [0.2, 0.25) is 0 Å². The molecule has 0 aromatic carbocycles. The molecule has 10 heteroatoms. The largest absolute Gasteiger partial charge is 0.444 e. The third-order valence-electron chi connectivity index (χ3n) is 8.15. The second-order valence-corrected chi connectivity index (χ2v) is 13.1. The minimum Gasteiger partial charge on any atom is -0.444 e. The maximum absolute atomic E-state index is 13.4. The Hall–Kier alpha value is -2.46. The molecule has 5 atom stereocenters. The minimum absolute atomic E-state index is 0.0200. The first kappa shape index (κ1) is 34.7. The van der Waals surface area contributed by atoms with Gasteiger partial charge in [0.25, 0.3) is 0 Å². The number of nitrogens with zero attached hydrogens (tertiary/aromatic N) is 2. The van der Waals surface area contributed by atoms with Gasteiger partial charge in [-0.15, -0.1) is 0 Å². The van der Waals surface area contributed by atoms with Crippen molar-refractivity contribution in [3.8, 4) is 0 Å². The molecule has 1 aromatic rings. The highest BCUT2D eigenvalue weighted by atomic mass is 16.6. The highest BCUT2D eigenvalue weighted by Gasteiger charge is 2.34. The van der Waals surface area contributed by atoms with E-state index in [1.807, 2.05) is 38.5 Å². The second-order valence-electron chi connectivity index (χ2n) is 13.1. The molecule has 3 amide bonds. The molecule has 0 saturated heterocycles. The molecule has 10 nitrogen and oxygen atoms in total. The monoisotopic (exact) mass is 577 g/mol. The van der Waals surface area contributed by atoms with E-state index in [1.54, 1.807) is 33.3 Å². The zero-order valence-electron chi connectivity index (χ0n) is 26.3. The molecule has 0 unspecified atom stereocenters. The molecule has 0 spiro atoms. The van der Waals surface area contributed by atoms with Gasteiger partial charge in [0, 0.05) is 31.4 Å². The van der Waals surface area contributed by atoms with Crippen LogP contribution in [0.3, 0.4) is 0 Å². The van der Waals surface area contributed by atoms with Gasteiger partial charge in [0.05, 0.1) is 24.5 Å². The first-order chi connectivity index (χ1) is 19.3. The number of ether oxygens (including phenoxy) is 1. The average molecular weight is 578 g/mol. The van der Waals surface area contributed by atoms with Crippen LogP contribution >= 0.6 is 0 Å². The number of imide groups is 1. The van der Waals surface area contributed by atoms with Crippen LogP contribution < -0.4 is 16.0 Å². The number of carbonyl (C=O) groups is 3. The van der Waals surface area contributed by atoms with E-state index in [0.29, 0.717) is 25.4 Å². The Labute approximate surface area is 246 Å².